The highest BCUT2D eigenvalue weighted by Gasteiger charge is 2.14. The molecule has 4 nitrogen and oxygen atoms in total. The molecule has 0 spiro atoms. The summed E-state index contributed by atoms with van der Waals surface area (Å²) in [5, 5.41) is 4.26. The Balaban J connectivity index is 1.95. The van der Waals surface area contributed by atoms with Crippen LogP contribution in [0.2, 0.25) is 0 Å². The second-order valence-corrected chi connectivity index (χ2v) is 4.55. The van der Waals surface area contributed by atoms with Gasteiger partial charge in [0.1, 0.15) is 0 Å². The van der Waals surface area contributed by atoms with Crippen LogP contribution < -0.4 is 5.43 Å². The lowest BCUT2D eigenvalue weighted by Gasteiger charge is -2.17. The number of aryl methyl sites for hydroxylation is 1. The lowest BCUT2D eigenvalue weighted by atomic mass is 9.90. The van der Waals surface area contributed by atoms with Gasteiger partial charge in [0.25, 0.3) is 0 Å². The molecule has 0 heterocycles. The highest BCUT2D eigenvalue weighted by atomic mass is 16.5. The number of hydrogen-bond donors (Lipinski definition) is 1. The number of hydrazone groups is 1. The molecule has 0 radical (unpaired) electrons. The van der Waals surface area contributed by atoms with Crippen molar-refractivity contribution in [2.45, 2.75) is 32.6 Å². The zero-order valence-electron chi connectivity index (χ0n) is 11.3. The highest BCUT2D eigenvalue weighted by Crippen LogP contribution is 2.20. The second-order valence-electron chi connectivity index (χ2n) is 4.55. The Morgan fingerprint density at radius 1 is 1.37 bits per heavy atom. The van der Waals surface area contributed by atoms with Crippen LogP contribution in [0.15, 0.2) is 29.4 Å². The standard InChI is InChI=1S/C15H20N2O2/c1-2-19-11-10-15(18)17-16-14-9-5-7-12-6-3-4-8-13(12)14/h3-4,6,8H,2,5,7,9-11H2,1H3,(H,17,18)/b16-14+. The van der Waals surface area contributed by atoms with Crippen LogP contribution in [0.1, 0.15) is 37.3 Å². The first-order chi connectivity index (χ1) is 9.31. The first kappa shape index (κ1) is 13.7. The van der Waals surface area contributed by atoms with Gasteiger partial charge in [-0.25, -0.2) is 5.43 Å². The van der Waals surface area contributed by atoms with Crippen LogP contribution in [0.25, 0.3) is 0 Å². The third-order valence-corrected chi connectivity index (χ3v) is 3.18. The molecule has 1 aliphatic carbocycles. The van der Waals surface area contributed by atoms with Crippen LogP contribution in [-0.2, 0) is 16.0 Å². The Morgan fingerprint density at radius 2 is 2.21 bits per heavy atom. The summed E-state index contributed by atoms with van der Waals surface area (Å²) in [6, 6.07) is 8.25. The van der Waals surface area contributed by atoms with E-state index in [2.05, 4.69) is 22.7 Å². The molecule has 1 aromatic carbocycles. The number of carbonyl (C=O) groups is 1. The van der Waals surface area contributed by atoms with Crippen LogP contribution >= 0.6 is 0 Å². The molecule has 19 heavy (non-hydrogen) atoms. The maximum atomic E-state index is 11.6. The number of hydrogen-bond acceptors (Lipinski definition) is 3. The summed E-state index contributed by atoms with van der Waals surface area (Å²) >= 11 is 0. The summed E-state index contributed by atoms with van der Waals surface area (Å²) < 4.78 is 5.14. The molecule has 0 saturated heterocycles. The smallest absolute Gasteiger partial charge is 0.242 e. The summed E-state index contributed by atoms with van der Waals surface area (Å²) in [4.78, 5) is 11.6. The molecule has 0 aromatic heterocycles. The minimum Gasteiger partial charge on any atom is -0.381 e. The quantitative estimate of drug-likeness (QED) is 0.652. The lowest BCUT2D eigenvalue weighted by Crippen LogP contribution is -2.23. The van der Waals surface area contributed by atoms with E-state index in [4.69, 9.17) is 4.74 Å². The fraction of sp³-hybridized carbons (Fsp3) is 0.467. The van der Waals surface area contributed by atoms with Gasteiger partial charge in [0, 0.05) is 12.2 Å². The van der Waals surface area contributed by atoms with Gasteiger partial charge in [0.15, 0.2) is 0 Å². The van der Waals surface area contributed by atoms with Gasteiger partial charge < -0.3 is 4.74 Å². The van der Waals surface area contributed by atoms with Crippen molar-refractivity contribution in [2.24, 2.45) is 5.10 Å². The van der Waals surface area contributed by atoms with Crippen molar-refractivity contribution >= 4 is 11.6 Å². The van der Waals surface area contributed by atoms with Crippen LogP contribution in [0.3, 0.4) is 0 Å². The topological polar surface area (TPSA) is 50.7 Å². The average Bonchev–Trinajstić information content (AvgIpc) is 2.45. The van der Waals surface area contributed by atoms with E-state index in [1.54, 1.807) is 0 Å². The van der Waals surface area contributed by atoms with Crippen LogP contribution in [0.5, 0.6) is 0 Å². The van der Waals surface area contributed by atoms with E-state index in [1.165, 1.54) is 11.1 Å². The first-order valence-electron chi connectivity index (χ1n) is 6.82. The number of rotatable bonds is 5. The molecule has 0 bridgehead atoms. The Kier molecular flexibility index (Phi) is 5.10. The van der Waals surface area contributed by atoms with Gasteiger partial charge in [0.05, 0.1) is 18.7 Å². The number of benzene rings is 1. The molecule has 0 aliphatic heterocycles. The van der Waals surface area contributed by atoms with Crippen LogP contribution in [0.4, 0.5) is 0 Å². The number of amides is 1. The fourth-order valence-electron chi connectivity index (χ4n) is 2.21. The first-order valence-corrected chi connectivity index (χ1v) is 6.82. The molecule has 4 heteroatoms. The van der Waals surface area contributed by atoms with Crippen LogP contribution in [-0.4, -0.2) is 24.8 Å². The van der Waals surface area contributed by atoms with Crippen molar-refractivity contribution in [1.29, 1.82) is 0 Å². The number of fused-ring (bicyclic) bond motifs is 1. The van der Waals surface area contributed by atoms with E-state index in [-0.39, 0.29) is 5.91 Å². The van der Waals surface area contributed by atoms with E-state index in [9.17, 15) is 4.79 Å². The molecule has 0 unspecified atom stereocenters. The van der Waals surface area contributed by atoms with E-state index in [0.717, 1.165) is 25.0 Å². The normalized spacial score (nSPS) is 16.2. The Morgan fingerprint density at radius 3 is 3.05 bits per heavy atom. The lowest BCUT2D eigenvalue weighted by molar-refractivity contribution is -0.122. The molecule has 1 aromatic rings. The number of ether oxygens (including phenoxy) is 1. The van der Waals surface area contributed by atoms with Crippen molar-refractivity contribution in [2.75, 3.05) is 13.2 Å². The van der Waals surface area contributed by atoms with Gasteiger partial charge in [-0.3, -0.25) is 4.79 Å². The van der Waals surface area contributed by atoms with Crippen molar-refractivity contribution in [1.82, 2.24) is 5.43 Å². The maximum Gasteiger partial charge on any atom is 0.242 e. The predicted molar refractivity (Wildman–Crippen MR) is 75.2 cm³/mol. The minimum atomic E-state index is -0.0935. The van der Waals surface area contributed by atoms with Crippen LogP contribution in [0, 0.1) is 0 Å². The molecule has 0 fully saturated rings. The molecule has 0 saturated carbocycles. The summed E-state index contributed by atoms with van der Waals surface area (Å²) in [7, 11) is 0. The predicted octanol–water partition coefficient (Wildman–Crippen LogP) is 2.27. The van der Waals surface area contributed by atoms with E-state index < -0.39 is 0 Å². The summed E-state index contributed by atoms with van der Waals surface area (Å²) in [6.45, 7) is 3.00. The molecule has 2 rings (SSSR count). The Labute approximate surface area is 113 Å². The van der Waals surface area contributed by atoms with E-state index in [1.807, 2.05) is 19.1 Å². The van der Waals surface area contributed by atoms with Gasteiger partial charge in [-0.2, -0.15) is 5.10 Å². The highest BCUT2D eigenvalue weighted by molar-refractivity contribution is 6.03. The van der Waals surface area contributed by atoms with Crippen molar-refractivity contribution < 1.29 is 9.53 Å². The molecule has 102 valence electrons. The summed E-state index contributed by atoms with van der Waals surface area (Å²) in [5.74, 6) is -0.0935. The van der Waals surface area contributed by atoms with Gasteiger partial charge in [-0.05, 0) is 31.7 Å². The van der Waals surface area contributed by atoms with Crippen molar-refractivity contribution in [3.05, 3.63) is 35.4 Å². The molecule has 1 aliphatic rings. The summed E-state index contributed by atoms with van der Waals surface area (Å²) in [5.41, 5.74) is 6.08. The number of nitrogens with one attached hydrogen (secondary N) is 1. The van der Waals surface area contributed by atoms with Crippen molar-refractivity contribution in [3.8, 4) is 0 Å². The van der Waals surface area contributed by atoms with Gasteiger partial charge in [-0.15, -0.1) is 0 Å². The van der Waals surface area contributed by atoms with Crippen molar-refractivity contribution in [3.63, 3.8) is 0 Å². The third kappa shape index (κ3) is 3.89. The van der Waals surface area contributed by atoms with E-state index >= 15 is 0 Å². The van der Waals surface area contributed by atoms with Gasteiger partial charge >= 0.3 is 0 Å². The zero-order valence-corrected chi connectivity index (χ0v) is 11.3. The number of nitrogens with zero attached hydrogens (tertiary/aromatic N) is 1. The fourth-order valence-corrected chi connectivity index (χ4v) is 2.21. The minimum absolute atomic E-state index is 0.0935. The zero-order chi connectivity index (χ0) is 13.5. The Bertz CT molecular complexity index is 469. The molecule has 1 N–H and O–H groups in total. The van der Waals surface area contributed by atoms with Gasteiger partial charge in [0.2, 0.25) is 5.91 Å². The second kappa shape index (κ2) is 7.04. The molecular formula is C15H20N2O2. The maximum absolute atomic E-state index is 11.6. The summed E-state index contributed by atoms with van der Waals surface area (Å²) in [6.07, 6.45) is 3.45. The molecule has 0 atom stereocenters. The monoisotopic (exact) mass is 260 g/mol. The molecule has 1 amide bonds. The average molecular weight is 260 g/mol. The molecular weight excluding hydrogens is 240 g/mol. The van der Waals surface area contributed by atoms with Gasteiger partial charge in [-0.1, -0.05) is 24.3 Å². The largest absolute Gasteiger partial charge is 0.381 e. The SMILES string of the molecule is CCOCCC(=O)N/N=C1\CCCc2ccccc21. The third-order valence-electron chi connectivity index (χ3n) is 3.18. The Hall–Kier alpha value is -1.68. The van der Waals surface area contributed by atoms with E-state index in [0.29, 0.717) is 19.6 Å². The number of carbonyl (C=O) groups excluding carboxylic acids is 1.